The fraction of sp³-hybridized carbons (Fsp3) is 0.231. The summed E-state index contributed by atoms with van der Waals surface area (Å²) in [6.07, 6.45) is 1.55. The van der Waals surface area contributed by atoms with Crippen LogP contribution in [-0.4, -0.2) is 21.5 Å². The summed E-state index contributed by atoms with van der Waals surface area (Å²) in [6.45, 7) is 4.12. The zero-order valence-electron chi connectivity index (χ0n) is 17.5. The minimum atomic E-state index is -0.480. The first-order valence-corrected chi connectivity index (χ1v) is 10.5. The van der Waals surface area contributed by atoms with Gasteiger partial charge in [-0.3, -0.25) is 4.79 Å². The molecule has 0 aliphatic rings. The van der Waals surface area contributed by atoms with Crippen LogP contribution in [0.1, 0.15) is 43.3 Å². The minimum absolute atomic E-state index is 0.00647. The largest absolute Gasteiger partial charge is 0.352 e. The summed E-state index contributed by atoms with van der Waals surface area (Å²) in [4.78, 5) is 18.4. The highest BCUT2D eigenvalue weighted by atomic mass is 16.2. The van der Waals surface area contributed by atoms with Gasteiger partial charge in [-0.15, -0.1) is 0 Å². The summed E-state index contributed by atoms with van der Waals surface area (Å²) in [5, 5.41) is 3.18. The maximum atomic E-state index is 13.5. The molecule has 0 bridgehead atoms. The number of nitrogens with one attached hydrogen (secondary N) is 1. The highest BCUT2D eigenvalue weighted by Gasteiger charge is 2.28. The quantitative estimate of drug-likeness (QED) is 0.470. The van der Waals surface area contributed by atoms with Gasteiger partial charge in [-0.25, -0.2) is 4.98 Å². The Morgan fingerprint density at radius 2 is 1.57 bits per heavy atom. The van der Waals surface area contributed by atoms with E-state index in [-0.39, 0.29) is 11.9 Å². The highest BCUT2D eigenvalue weighted by molar-refractivity contribution is 5.87. The molecule has 1 amide bonds. The highest BCUT2D eigenvalue weighted by Crippen LogP contribution is 2.28. The van der Waals surface area contributed by atoms with Gasteiger partial charge in [0.15, 0.2) is 0 Å². The Bertz CT molecular complexity index is 1120. The summed E-state index contributed by atoms with van der Waals surface area (Å²) in [6, 6.07) is 27.9. The van der Waals surface area contributed by atoms with Crippen molar-refractivity contribution in [2.24, 2.45) is 0 Å². The molecule has 1 heterocycles. The third-order valence-corrected chi connectivity index (χ3v) is 5.50. The molecule has 30 heavy (non-hydrogen) atoms. The number of amides is 1. The molecule has 1 aromatic heterocycles. The van der Waals surface area contributed by atoms with Crippen molar-refractivity contribution in [3.8, 4) is 0 Å². The first-order chi connectivity index (χ1) is 14.7. The topological polar surface area (TPSA) is 46.9 Å². The van der Waals surface area contributed by atoms with E-state index in [0.29, 0.717) is 6.42 Å². The predicted octanol–water partition coefficient (Wildman–Crippen LogP) is 5.13. The Labute approximate surface area is 177 Å². The number of hydrogen-bond acceptors (Lipinski definition) is 2. The molecular formula is C26H27N3O. The maximum absolute atomic E-state index is 13.5. The van der Waals surface area contributed by atoms with E-state index in [1.807, 2.05) is 79.7 Å². The lowest BCUT2D eigenvalue weighted by atomic mass is 10.0. The summed E-state index contributed by atoms with van der Waals surface area (Å²) in [7, 11) is 0. The van der Waals surface area contributed by atoms with Crippen LogP contribution in [0.3, 0.4) is 0 Å². The van der Waals surface area contributed by atoms with Crippen molar-refractivity contribution in [2.75, 3.05) is 0 Å². The summed E-state index contributed by atoms with van der Waals surface area (Å²) < 4.78 is 2.11. The van der Waals surface area contributed by atoms with Gasteiger partial charge in [-0.1, -0.05) is 79.7 Å². The smallest absolute Gasteiger partial charge is 0.247 e. The van der Waals surface area contributed by atoms with Crippen molar-refractivity contribution in [1.29, 1.82) is 0 Å². The lowest BCUT2D eigenvalue weighted by Gasteiger charge is -2.24. The fourth-order valence-corrected chi connectivity index (χ4v) is 3.76. The van der Waals surface area contributed by atoms with Gasteiger partial charge >= 0.3 is 0 Å². The molecule has 1 N–H and O–H groups in total. The van der Waals surface area contributed by atoms with Crippen LogP contribution < -0.4 is 5.32 Å². The van der Waals surface area contributed by atoms with Crippen molar-refractivity contribution < 1.29 is 4.79 Å². The number of imidazole rings is 1. The fourth-order valence-electron chi connectivity index (χ4n) is 3.76. The molecule has 2 atom stereocenters. The number of hydrogen-bond donors (Lipinski definition) is 1. The lowest BCUT2D eigenvalue weighted by Crippen LogP contribution is -2.39. The normalized spacial score (nSPS) is 13.1. The molecular weight excluding hydrogens is 370 g/mol. The summed E-state index contributed by atoms with van der Waals surface area (Å²) in [5.74, 6) is 0.878. The summed E-state index contributed by atoms with van der Waals surface area (Å²) >= 11 is 0. The van der Waals surface area contributed by atoms with Crippen LogP contribution in [0.15, 0.2) is 84.9 Å². The average Bonchev–Trinajstić information content (AvgIpc) is 3.13. The molecule has 0 fully saturated rings. The van der Waals surface area contributed by atoms with Gasteiger partial charge in [-0.2, -0.15) is 0 Å². The minimum Gasteiger partial charge on any atom is -0.352 e. The van der Waals surface area contributed by atoms with Gasteiger partial charge in [0.25, 0.3) is 0 Å². The molecule has 0 saturated carbocycles. The van der Waals surface area contributed by atoms with E-state index >= 15 is 0 Å². The van der Waals surface area contributed by atoms with Crippen LogP contribution in [0.5, 0.6) is 0 Å². The number of para-hydroxylation sites is 2. The zero-order chi connectivity index (χ0) is 20.9. The first-order valence-electron chi connectivity index (χ1n) is 10.5. The Morgan fingerprint density at radius 1 is 0.933 bits per heavy atom. The standard InChI is InChI=1S/C26H27N3O/c1-3-19(2)27-26(30)25(21-14-8-5-9-15-21)29-23-17-11-10-16-22(23)28-24(29)18-20-12-6-4-7-13-20/h4-17,19,25H,3,18H2,1-2H3,(H,27,30)/t19-,25-/m1/s1. The van der Waals surface area contributed by atoms with Crippen LogP contribution >= 0.6 is 0 Å². The second kappa shape index (κ2) is 8.95. The number of aromatic nitrogens is 2. The molecule has 4 nitrogen and oxygen atoms in total. The van der Waals surface area contributed by atoms with Gasteiger partial charge < -0.3 is 9.88 Å². The van der Waals surface area contributed by atoms with Gasteiger partial charge in [0.05, 0.1) is 11.0 Å². The van der Waals surface area contributed by atoms with Crippen molar-refractivity contribution in [2.45, 2.75) is 38.8 Å². The van der Waals surface area contributed by atoms with E-state index in [0.717, 1.165) is 28.8 Å². The van der Waals surface area contributed by atoms with E-state index < -0.39 is 6.04 Å². The number of benzene rings is 3. The van der Waals surface area contributed by atoms with Gasteiger partial charge in [0.1, 0.15) is 11.9 Å². The Kier molecular flexibility index (Phi) is 5.94. The molecule has 0 unspecified atom stereocenters. The third-order valence-electron chi connectivity index (χ3n) is 5.50. The van der Waals surface area contributed by atoms with Gasteiger partial charge in [0.2, 0.25) is 5.91 Å². The molecule has 3 aromatic carbocycles. The first kappa shape index (κ1) is 19.9. The number of carbonyl (C=O) groups is 1. The van der Waals surface area contributed by atoms with E-state index in [1.54, 1.807) is 0 Å². The lowest BCUT2D eigenvalue weighted by molar-refractivity contribution is -0.123. The van der Waals surface area contributed by atoms with Crippen LogP contribution in [0.25, 0.3) is 11.0 Å². The number of rotatable bonds is 7. The molecule has 0 spiro atoms. The molecule has 4 rings (SSSR count). The summed E-state index contributed by atoms with van der Waals surface area (Å²) in [5.41, 5.74) is 4.00. The molecule has 0 saturated heterocycles. The van der Waals surface area contributed by atoms with E-state index in [9.17, 15) is 4.79 Å². The maximum Gasteiger partial charge on any atom is 0.247 e. The van der Waals surface area contributed by atoms with E-state index in [4.69, 9.17) is 4.98 Å². The van der Waals surface area contributed by atoms with E-state index in [1.165, 1.54) is 5.56 Å². The van der Waals surface area contributed by atoms with Gasteiger partial charge in [0, 0.05) is 12.5 Å². The van der Waals surface area contributed by atoms with E-state index in [2.05, 4.69) is 28.9 Å². The molecule has 0 aliphatic carbocycles. The second-order valence-corrected chi connectivity index (χ2v) is 7.68. The van der Waals surface area contributed by atoms with Crippen molar-refractivity contribution >= 4 is 16.9 Å². The van der Waals surface area contributed by atoms with Crippen LogP contribution in [0, 0.1) is 0 Å². The number of nitrogens with zero attached hydrogens (tertiary/aromatic N) is 2. The Morgan fingerprint density at radius 3 is 2.27 bits per heavy atom. The van der Waals surface area contributed by atoms with Gasteiger partial charge in [-0.05, 0) is 36.6 Å². The van der Waals surface area contributed by atoms with Crippen molar-refractivity contribution in [1.82, 2.24) is 14.9 Å². The van der Waals surface area contributed by atoms with Crippen LogP contribution in [-0.2, 0) is 11.2 Å². The molecule has 0 aliphatic heterocycles. The predicted molar refractivity (Wildman–Crippen MR) is 121 cm³/mol. The molecule has 4 aromatic rings. The molecule has 4 heteroatoms. The molecule has 152 valence electrons. The second-order valence-electron chi connectivity index (χ2n) is 7.68. The third kappa shape index (κ3) is 4.13. The van der Waals surface area contributed by atoms with Crippen molar-refractivity contribution in [3.63, 3.8) is 0 Å². The number of fused-ring (bicyclic) bond motifs is 1. The van der Waals surface area contributed by atoms with Crippen molar-refractivity contribution in [3.05, 3.63) is 102 Å². The monoisotopic (exact) mass is 397 g/mol. The SMILES string of the molecule is CC[C@@H](C)NC(=O)[C@@H](c1ccccc1)n1c(Cc2ccccc2)nc2ccccc21. The average molecular weight is 398 g/mol. The van der Waals surface area contributed by atoms with Crippen LogP contribution in [0.4, 0.5) is 0 Å². The Balaban J connectivity index is 1.87. The zero-order valence-corrected chi connectivity index (χ0v) is 17.5. The molecule has 0 radical (unpaired) electrons. The Hall–Kier alpha value is -3.40. The van der Waals surface area contributed by atoms with Crippen LogP contribution in [0.2, 0.25) is 0 Å². The number of carbonyl (C=O) groups excluding carboxylic acids is 1.